The van der Waals surface area contributed by atoms with Crippen molar-refractivity contribution in [3.8, 4) is 0 Å². The fourth-order valence-electron chi connectivity index (χ4n) is 1.15. The molecule has 1 aromatic rings. The zero-order valence-electron chi connectivity index (χ0n) is 9.64. The summed E-state index contributed by atoms with van der Waals surface area (Å²) in [6.07, 6.45) is 0. The number of carbonyl (C=O) groups excluding carboxylic acids is 1. The van der Waals surface area contributed by atoms with Gasteiger partial charge in [0, 0.05) is 6.04 Å². The molecule has 0 aromatic heterocycles. The predicted octanol–water partition coefficient (Wildman–Crippen LogP) is 1.01. The molecule has 0 radical (unpaired) electrons. The van der Waals surface area contributed by atoms with Crippen LogP contribution in [0.15, 0.2) is 12.1 Å². The third kappa shape index (κ3) is 3.71. The van der Waals surface area contributed by atoms with Gasteiger partial charge in [-0.15, -0.1) is 0 Å². The normalized spacial score (nSPS) is 12.3. The predicted molar refractivity (Wildman–Crippen MR) is 59.5 cm³/mol. The summed E-state index contributed by atoms with van der Waals surface area (Å²) in [6.45, 7) is 1.30. The Kier molecular flexibility index (Phi) is 5.11. The Morgan fingerprint density at radius 1 is 1.33 bits per heavy atom. The lowest BCUT2D eigenvalue weighted by atomic mass is 10.2. The Bertz CT molecular complexity index is 441. The summed E-state index contributed by atoms with van der Waals surface area (Å²) in [5.41, 5.74) is -0.433. The fraction of sp³-hybridized carbons (Fsp3) is 0.364. The minimum atomic E-state index is -1.63. The minimum Gasteiger partial charge on any atom is -0.395 e. The first kappa shape index (κ1) is 14.5. The number of hydrogen-bond acceptors (Lipinski definition) is 3. The van der Waals surface area contributed by atoms with Gasteiger partial charge in [-0.1, -0.05) is 0 Å². The molecule has 0 saturated heterocycles. The van der Waals surface area contributed by atoms with E-state index in [0.29, 0.717) is 0 Å². The van der Waals surface area contributed by atoms with Gasteiger partial charge < -0.3 is 15.7 Å². The maximum absolute atomic E-state index is 13.2. The van der Waals surface area contributed by atoms with Crippen molar-refractivity contribution in [3.63, 3.8) is 0 Å². The maximum Gasteiger partial charge on any atom is 0.238 e. The van der Waals surface area contributed by atoms with Gasteiger partial charge in [-0.2, -0.15) is 0 Å². The number of halogens is 3. The molecular formula is C11H13F3N2O2. The van der Waals surface area contributed by atoms with Crippen molar-refractivity contribution in [1.29, 1.82) is 0 Å². The molecule has 3 N–H and O–H groups in total. The van der Waals surface area contributed by atoms with Crippen LogP contribution in [0.2, 0.25) is 0 Å². The molecule has 0 spiro atoms. The summed E-state index contributed by atoms with van der Waals surface area (Å²) in [5.74, 6) is -5.03. The number of anilines is 1. The average Bonchev–Trinajstić information content (AvgIpc) is 2.36. The fourth-order valence-corrected chi connectivity index (χ4v) is 1.15. The molecule has 4 nitrogen and oxygen atoms in total. The molecule has 100 valence electrons. The Hall–Kier alpha value is -1.60. The lowest BCUT2D eigenvalue weighted by molar-refractivity contribution is -0.115. The molecule has 1 atom stereocenters. The summed E-state index contributed by atoms with van der Waals surface area (Å²) >= 11 is 0. The summed E-state index contributed by atoms with van der Waals surface area (Å²) < 4.78 is 38.7. The molecule has 0 heterocycles. The molecule has 0 fully saturated rings. The van der Waals surface area contributed by atoms with Crippen molar-refractivity contribution in [2.75, 3.05) is 18.5 Å². The van der Waals surface area contributed by atoms with Gasteiger partial charge in [0.15, 0.2) is 17.5 Å². The molecule has 0 aliphatic heterocycles. The van der Waals surface area contributed by atoms with Crippen LogP contribution < -0.4 is 10.6 Å². The van der Waals surface area contributed by atoms with Crippen molar-refractivity contribution in [2.24, 2.45) is 0 Å². The van der Waals surface area contributed by atoms with E-state index in [2.05, 4.69) is 10.6 Å². The molecule has 0 unspecified atom stereocenters. The highest BCUT2D eigenvalue weighted by molar-refractivity contribution is 5.92. The lowest BCUT2D eigenvalue weighted by Gasteiger charge is -2.11. The van der Waals surface area contributed by atoms with E-state index in [4.69, 9.17) is 5.11 Å². The van der Waals surface area contributed by atoms with Gasteiger partial charge in [0.25, 0.3) is 0 Å². The van der Waals surface area contributed by atoms with Crippen LogP contribution in [-0.4, -0.2) is 30.2 Å². The first-order chi connectivity index (χ1) is 8.45. The van der Waals surface area contributed by atoms with E-state index in [-0.39, 0.29) is 19.2 Å². The molecule has 0 saturated carbocycles. The number of amides is 1. The molecule has 1 amide bonds. The van der Waals surface area contributed by atoms with Crippen LogP contribution in [0.4, 0.5) is 18.9 Å². The van der Waals surface area contributed by atoms with E-state index in [1.54, 1.807) is 6.92 Å². The second kappa shape index (κ2) is 6.36. The second-order valence-corrected chi connectivity index (χ2v) is 3.74. The van der Waals surface area contributed by atoms with Crippen LogP contribution in [0.5, 0.6) is 0 Å². The van der Waals surface area contributed by atoms with Crippen LogP contribution in [0, 0.1) is 17.5 Å². The monoisotopic (exact) mass is 262 g/mol. The van der Waals surface area contributed by atoms with Crippen molar-refractivity contribution in [2.45, 2.75) is 13.0 Å². The third-order valence-corrected chi connectivity index (χ3v) is 2.19. The highest BCUT2D eigenvalue weighted by Gasteiger charge is 2.15. The van der Waals surface area contributed by atoms with Crippen molar-refractivity contribution >= 4 is 11.6 Å². The molecule has 1 rings (SSSR count). The van der Waals surface area contributed by atoms with Gasteiger partial charge in [-0.05, 0) is 19.1 Å². The smallest absolute Gasteiger partial charge is 0.238 e. The number of aliphatic hydroxyl groups is 1. The molecule has 18 heavy (non-hydrogen) atoms. The highest BCUT2D eigenvalue weighted by Crippen LogP contribution is 2.19. The maximum atomic E-state index is 13.2. The Balaban J connectivity index is 2.63. The van der Waals surface area contributed by atoms with Crippen LogP contribution in [0.3, 0.4) is 0 Å². The van der Waals surface area contributed by atoms with Crippen molar-refractivity contribution in [1.82, 2.24) is 5.32 Å². The SMILES string of the molecule is C[C@H](CO)NCC(=O)Nc1ccc(F)c(F)c1F. The Morgan fingerprint density at radius 2 is 2.00 bits per heavy atom. The quantitative estimate of drug-likeness (QED) is 0.694. The first-order valence-electron chi connectivity index (χ1n) is 5.23. The van der Waals surface area contributed by atoms with Crippen LogP contribution in [0.25, 0.3) is 0 Å². The second-order valence-electron chi connectivity index (χ2n) is 3.74. The van der Waals surface area contributed by atoms with Gasteiger partial charge in [0.1, 0.15) is 0 Å². The molecular weight excluding hydrogens is 249 g/mol. The molecule has 0 aliphatic carbocycles. The average molecular weight is 262 g/mol. The summed E-state index contributed by atoms with van der Waals surface area (Å²) in [7, 11) is 0. The van der Waals surface area contributed by atoms with Crippen LogP contribution in [0.1, 0.15) is 6.92 Å². The Morgan fingerprint density at radius 3 is 2.61 bits per heavy atom. The van der Waals surface area contributed by atoms with Gasteiger partial charge in [0.05, 0.1) is 18.8 Å². The van der Waals surface area contributed by atoms with E-state index < -0.39 is 29.0 Å². The largest absolute Gasteiger partial charge is 0.395 e. The standard InChI is InChI=1S/C11H13F3N2O2/c1-6(5-17)15-4-9(18)16-8-3-2-7(12)10(13)11(8)14/h2-3,6,15,17H,4-5H2,1H3,(H,16,18)/t6-/m1/s1. The summed E-state index contributed by atoms with van der Waals surface area (Å²) in [4.78, 5) is 11.3. The molecule has 7 heteroatoms. The number of benzene rings is 1. The Labute approximate surface area is 102 Å². The van der Waals surface area contributed by atoms with E-state index in [1.165, 1.54) is 0 Å². The summed E-state index contributed by atoms with van der Waals surface area (Å²) in [6, 6.07) is 1.35. The van der Waals surface area contributed by atoms with Crippen molar-refractivity contribution in [3.05, 3.63) is 29.6 Å². The highest BCUT2D eigenvalue weighted by atomic mass is 19.2. The van der Waals surface area contributed by atoms with E-state index >= 15 is 0 Å². The number of carbonyl (C=O) groups is 1. The number of rotatable bonds is 5. The van der Waals surface area contributed by atoms with Gasteiger partial charge in [-0.25, -0.2) is 13.2 Å². The van der Waals surface area contributed by atoms with Gasteiger partial charge in [0.2, 0.25) is 5.91 Å². The van der Waals surface area contributed by atoms with E-state index in [1.807, 2.05) is 0 Å². The van der Waals surface area contributed by atoms with Crippen LogP contribution in [-0.2, 0) is 4.79 Å². The first-order valence-corrected chi connectivity index (χ1v) is 5.23. The third-order valence-electron chi connectivity index (χ3n) is 2.19. The zero-order valence-corrected chi connectivity index (χ0v) is 9.64. The molecule has 0 aliphatic rings. The zero-order chi connectivity index (χ0) is 13.7. The number of nitrogens with one attached hydrogen (secondary N) is 2. The lowest BCUT2D eigenvalue weighted by Crippen LogP contribution is -2.36. The van der Waals surface area contributed by atoms with Crippen molar-refractivity contribution < 1.29 is 23.1 Å². The van der Waals surface area contributed by atoms with E-state index in [0.717, 1.165) is 12.1 Å². The number of hydrogen-bond donors (Lipinski definition) is 3. The number of aliphatic hydroxyl groups excluding tert-OH is 1. The summed E-state index contributed by atoms with van der Waals surface area (Å²) in [5, 5.41) is 13.4. The minimum absolute atomic E-state index is 0.160. The topological polar surface area (TPSA) is 61.4 Å². The van der Waals surface area contributed by atoms with Gasteiger partial charge in [-0.3, -0.25) is 4.79 Å². The molecule has 0 bridgehead atoms. The van der Waals surface area contributed by atoms with Crippen LogP contribution >= 0.6 is 0 Å². The molecule has 1 aromatic carbocycles. The van der Waals surface area contributed by atoms with Gasteiger partial charge >= 0.3 is 0 Å². The van der Waals surface area contributed by atoms with E-state index in [9.17, 15) is 18.0 Å².